The summed E-state index contributed by atoms with van der Waals surface area (Å²) in [4.78, 5) is 0. The zero-order valence-electron chi connectivity index (χ0n) is 16.4. The molecule has 0 aliphatic carbocycles. The van der Waals surface area contributed by atoms with Crippen LogP contribution < -0.4 is 5.32 Å². The van der Waals surface area contributed by atoms with Gasteiger partial charge in [-0.15, -0.1) is 0 Å². The first-order valence-corrected chi connectivity index (χ1v) is 10.5. The van der Waals surface area contributed by atoms with Crippen molar-refractivity contribution >= 4 is 0 Å². The van der Waals surface area contributed by atoms with Crippen LogP contribution in [0.5, 0.6) is 0 Å². The lowest BCUT2D eigenvalue weighted by Crippen LogP contribution is -2.20. The van der Waals surface area contributed by atoms with Crippen molar-refractivity contribution in [1.82, 2.24) is 5.32 Å². The molecule has 2 nitrogen and oxygen atoms in total. The normalized spacial score (nSPS) is 17.9. The van der Waals surface area contributed by atoms with Crippen molar-refractivity contribution in [3.63, 3.8) is 0 Å². The predicted octanol–water partition coefficient (Wildman–Crippen LogP) is 5.99. The number of hydrogen-bond acceptors (Lipinski definition) is 2. The van der Waals surface area contributed by atoms with E-state index in [0.717, 1.165) is 18.9 Å². The quantitative estimate of drug-likeness (QED) is 0.437. The lowest BCUT2D eigenvalue weighted by molar-refractivity contribution is 0.125. The van der Waals surface area contributed by atoms with Crippen LogP contribution in [0.1, 0.15) is 44.1 Å². The summed E-state index contributed by atoms with van der Waals surface area (Å²) < 4.78 is 5.82. The summed E-state index contributed by atoms with van der Waals surface area (Å²) in [5.74, 6) is 0.868. The van der Waals surface area contributed by atoms with Gasteiger partial charge in [0.05, 0.1) is 13.2 Å². The van der Waals surface area contributed by atoms with Gasteiger partial charge in [0.15, 0.2) is 0 Å². The highest BCUT2D eigenvalue weighted by molar-refractivity contribution is 5.63. The Hall–Kier alpha value is -1.90. The third kappa shape index (κ3) is 7.32. The first kappa shape index (κ1) is 19.9. The van der Waals surface area contributed by atoms with Crippen LogP contribution in [0.25, 0.3) is 11.1 Å². The average molecular weight is 364 g/mol. The molecule has 1 aliphatic rings. The first-order valence-electron chi connectivity index (χ1n) is 10.5. The van der Waals surface area contributed by atoms with Gasteiger partial charge in [-0.3, -0.25) is 0 Å². The molecule has 3 rings (SSSR count). The van der Waals surface area contributed by atoms with Crippen LogP contribution in [0.15, 0.2) is 66.7 Å². The second-order valence-corrected chi connectivity index (χ2v) is 7.52. The maximum atomic E-state index is 5.82. The van der Waals surface area contributed by atoms with Crippen molar-refractivity contribution in [3.8, 4) is 11.1 Å². The highest BCUT2D eigenvalue weighted by atomic mass is 16.5. The minimum atomic E-state index is 0.691. The highest BCUT2D eigenvalue weighted by Gasteiger charge is 2.10. The lowest BCUT2D eigenvalue weighted by atomic mass is 9.98. The fourth-order valence-corrected chi connectivity index (χ4v) is 3.67. The molecule has 1 aliphatic heterocycles. The summed E-state index contributed by atoms with van der Waals surface area (Å²) in [5, 5.41) is 3.55. The van der Waals surface area contributed by atoms with E-state index in [1.165, 1.54) is 61.9 Å². The van der Waals surface area contributed by atoms with Gasteiger partial charge in [0.1, 0.15) is 0 Å². The van der Waals surface area contributed by atoms with E-state index in [1.807, 2.05) is 0 Å². The van der Waals surface area contributed by atoms with Crippen molar-refractivity contribution in [2.24, 2.45) is 5.92 Å². The molecule has 0 bridgehead atoms. The number of ether oxygens (including phenoxy) is 1. The van der Waals surface area contributed by atoms with E-state index in [4.69, 9.17) is 4.74 Å². The van der Waals surface area contributed by atoms with E-state index in [1.54, 1.807) is 0 Å². The maximum absolute atomic E-state index is 5.82. The van der Waals surface area contributed by atoms with Crippen LogP contribution in [0.3, 0.4) is 0 Å². The maximum Gasteiger partial charge on any atom is 0.0717 e. The summed E-state index contributed by atoms with van der Waals surface area (Å²) in [5.41, 5.74) is 3.75. The average Bonchev–Trinajstić information content (AvgIpc) is 3.00. The van der Waals surface area contributed by atoms with Crippen LogP contribution in [-0.4, -0.2) is 19.7 Å². The van der Waals surface area contributed by atoms with Crippen LogP contribution in [-0.2, 0) is 11.3 Å². The fourth-order valence-electron chi connectivity index (χ4n) is 3.67. The Labute approximate surface area is 164 Å². The van der Waals surface area contributed by atoms with E-state index in [2.05, 4.69) is 72.1 Å². The summed E-state index contributed by atoms with van der Waals surface area (Å²) in [7, 11) is 0. The Bertz CT molecular complexity index is 654. The molecule has 1 unspecified atom stereocenters. The lowest BCUT2D eigenvalue weighted by Gasteiger charge is -2.12. The molecule has 1 heterocycles. The minimum Gasteiger partial charge on any atom is -0.376 e. The predicted molar refractivity (Wildman–Crippen MR) is 115 cm³/mol. The van der Waals surface area contributed by atoms with Gasteiger partial charge in [-0.1, -0.05) is 73.2 Å². The number of hydrogen-bond donors (Lipinski definition) is 1. The monoisotopic (exact) mass is 363 g/mol. The van der Waals surface area contributed by atoms with Gasteiger partial charge in [0, 0.05) is 0 Å². The van der Waals surface area contributed by atoms with Gasteiger partial charge in [0.25, 0.3) is 0 Å². The van der Waals surface area contributed by atoms with Crippen molar-refractivity contribution in [2.45, 2.75) is 45.1 Å². The number of nitrogens with one attached hydrogen (secondary N) is 1. The molecule has 1 atom stereocenters. The minimum absolute atomic E-state index is 0.691. The SMILES string of the molecule is C(=C\CCC1CCCCNC1)/CCOCc1ccc(-c2ccccc2)cc1. The van der Waals surface area contributed by atoms with Crippen molar-refractivity contribution in [2.75, 3.05) is 19.7 Å². The van der Waals surface area contributed by atoms with Crippen molar-refractivity contribution in [3.05, 3.63) is 72.3 Å². The molecular weight excluding hydrogens is 330 g/mol. The Balaban J connectivity index is 1.27. The van der Waals surface area contributed by atoms with Gasteiger partial charge < -0.3 is 10.1 Å². The zero-order valence-corrected chi connectivity index (χ0v) is 16.4. The van der Waals surface area contributed by atoms with Crippen molar-refractivity contribution < 1.29 is 4.74 Å². The molecule has 1 fully saturated rings. The summed E-state index contributed by atoms with van der Waals surface area (Å²) in [6.45, 7) is 3.90. The molecule has 0 saturated carbocycles. The van der Waals surface area contributed by atoms with Crippen molar-refractivity contribution in [1.29, 1.82) is 0 Å². The molecule has 144 valence electrons. The molecule has 0 radical (unpaired) electrons. The Morgan fingerprint density at radius 3 is 2.52 bits per heavy atom. The third-order valence-corrected chi connectivity index (χ3v) is 5.32. The zero-order chi connectivity index (χ0) is 18.6. The molecule has 0 amide bonds. The van der Waals surface area contributed by atoms with E-state index >= 15 is 0 Å². The molecule has 27 heavy (non-hydrogen) atoms. The Kier molecular flexibility index (Phi) is 8.63. The second-order valence-electron chi connectivity index (χ2n) is 7.52. The van der Waals surface area contributed by atoms with Crippen LogP contribution >= 0.6 is 0 Å². The van der Waals surface area contributed by atoms with E-state index in [0.29, 0.717) is 6.61 Å². The number of allylic oxidation sites excluding steroid dienone is 1. The summed E-state index contributed by atoms with van der Waals surface area (Å²) in [6, 6.07) is 19.2. The fraction of sp³-hybridized carbons (Fsp3) is 0.440. The van der Waals surface area contributed by atoms with Crippen LogP contribution in [0.2, 0.25) is 0 Å². The molecule has 2 heteroatoms. The molecule has 0 spiro atoms. The highest BCUT2D eigenvalue weighted by Crippen LogP contribution is 2.19. The summed E-state index contributed by atoms with van der Waals surface area (Å²) in [6.07, 6.45) is 12.3. The standard InChI is InChI=1S/C25H33NO/c1(4-10-22-11-7-8-18-26-20-22)2-9-19-27-21-23-14-16-25(17-15-23)24-12-5-3-6-13-24/h1-3,5-6,12-17,22,26H,4,7-11,18-21H2/b2-1+. The molecule has 1 N–H and O–H groups in total. The smallest absolute Gasteiger partial charge is 0.0717 e. The number of rotatable bonds is 9. The first-order chi connectivity index (χ1) is 13.4. The molecule has 0 aromatic heterocycles. The van der Waals surface area contributed by atoms with Gasteiger partial charge in [-0.05, 0) is 67.8 Å². The van der Waals surface area contributed by atoms with Gasteiger partial charge in [0.2, 0.25) is 0 Å². The Morgan fingerprint density at radius 2 is 1.67 bits per heavy atom. The van der Waals surface area contributed by atoms with Gasteiger partial charge in [-0.2, -0.15) is 0 Å². The molecule has 1 saturated heterocycles. The van der Waals surface area contributed by atoms with Gasteiger partial charge in [-0.25, -0.2) is 0 Å². The van der Waals surface area contributed by atoms with E-state index < -0.39 is 0 Å². The third-order valence-electron chi connectivity index (χ3n) is 5.32. The summed E-state index contributed by atoms with van der Waals surface area (Å²) >= 11 is 0. The number of benzene rings is 2. The largest absolute Gasteiger partial charge is 0.376 e. The van der Waals surface area contributed by atoms with Crippen LogP contribution in [0.4, 0.5) is 0 Å². The van der Waals surface area contributed by atoms with E-state index in [-0.39, 0.29) is 0 Å². The second kappa shape index (κ2) is 11.7. The molecular formula is C25H33NO. The van der Waals surface area contributed by atoms with Crippen LogP contribution in [0, 0.1) is 5.92 Å². The topological polar surface area (TPSA) is 21.3 Å². The molecule has 2 aromatic rings. The van der Waals surface area contributed by atoms with E-state index in [9.17, 15) is 0 Å². The molecule has 2 aromatic carbocycles. The Morgan fingerprint density at radius 1 is 0.889 bits per heavy atom. The van der Waals surface area contributed by atoms with Gasteiger partial charge >= 0.3 is 0 Å².